The fraction of sp³-hybridized carbons (Fsp3) is 0.500. The Labute approximate surface area is 108 Å². The number of carbonyl (C=O) groups excluding carboxylic acids is 1. The molecule has 98 valence electrons. The number of rotatable bonds is 4. The summed E-state index contributed by atoms with van der Waals surface area (Å²) in [6, 6.07) is 5.58. The van der Waals surface area contributed by atoms with Crippen LogP contribution in [-0.2, 0) is 11.2 Å². The highest BCUT2D eigenvalue weighted by Gasteiger charge is 2.17. The van der Waals surface area contributed by atoms with Crippen molar-refractivity contribution in [3.8, 4) is 5.75 Å². The van der Waals surface area contributed by atoms with E-state index in [4.69, 9.17) is 10.5 Å². The molecule has 1 aliphatic heterocycles. The Balaban J connectivity index is 1.95. The van der Waals surface area contributed by atoms with Crippen LogP contribution in [0.4, 0.5) is 5.69 Å². The molecule has 0 radical (unpaired) electrons. The lowest BCUT2D eigenvalue weighted by Crippen LogP contribution is -2.27. The van der Waals surface area contributed by atoms with Gasteiger partial charge in [0.2, 0.25) is 5.91 Å². The quantitative estimate of drug-likeness (QED) is 0.827. The van der Waals surface area contributed by atoms with Crippen LogP contribution >= 0.6 is 0 Å². The number of likely N-dealkylation sites (tertiary alicyclic amines) is 1. The van der Waals surface area contributed by atoms with Crippen molar-refractivity contribution >= 4 is 11.6 Å². The first-order valence-electron chi connectivity index (χ1n) is 6.41. The van der Waals surface area contributed by atoms with E-state index in [1.54, 1.807) is 13.2 Å². The van der Waals surface area contributed by atoms with Crippen molar-refractivity contribution in [2.75, 3.05) is 25.9 Å². The van der Waals surface area contributed by atoms with Gasteiger partial charge in [0.1, 0.15) is 5.75 Å². The summed E-state index contributed by atoms with van der Waals surface area (Å²) in [5.74, 6) is 1.01. The van der Waals surface area contributed by atoms with Gasteiger partial charge in [-0.1, -0.05) is 6.07 Å². The zero-order chi connectivity index (χ0) is 13.0. The molecule has 1 aromatic rings. The maximum absolute atomic E-state index is 11.9. The van der Waals surface area contributed by atoms with Crippen molar-refractivity contribution in [1.29, 1.82) is 0 Å². The SMILES string of the molecule is COc1cc(N)ccc1CCC(=O)N1CCCC1. The van der Waals surface area contributed by atoms with Crippen molar-refractivity contribution in [3.05, 3.63) is 23.8 Å². The molecular weight excluding hydrogens is 228 g/mol. The number of benzene rings is 1. The maximum Gasteiger partial charge on any atom is 0.222 e. The van der Waals surface area contributed by atoms with E-state index in [-0.39, 0.29) is 5.91 Å². The lowest BCUT2D eigenvalue weighted by Gasteiger charge is -2.15. The van der Waals surface area contributed by atoms with Crippen molar-refractivity contribution in [1.82, 2.24) is 4.90 Å². The Kier molecular flexibility index (Phi) is 4.07. The van der Waals surface area contributed by atoms with Crippen LogP contribution in [0.25, 0.3) is 0 Å². The second-order valence-electron chi connectivity index (χ2n) is 4.66. The zero-order valence-corrected chi connectivity index (χ0v) is 10.8. The lowest BCUT2D eigenvalue weighted by atomic mass is 10.1. The smallest absolute Gasteiger partial charge is 0.222 e. The first-order chi connectivity index (χ1) is 8.70. The summed E-state index contributed by atoms with van der Waals surface area (Å²) in [6.07, 6.45) is 3.52. The van der Waals surface area contributed by atoms with E-state index in [1.165, 1.54) is 0 Å². The maximum atomic E-state index is 11.9. The molecule has 0 spiro atoms. The number of ether oxygens (including phenoxy) is 1. The summed E-state index contributed by atoms with van der Waals surface area (Å²) in [5.41, 5.74) is 7.43. The molecule has 18 heavy (non-hydrogen) atoms. The van der Waals surface area contributed by atoms with Gasteiger partial charge in [0.25, 0.3) is 0 Å². The van der Waals surface area contributed by atoms with E-state index < -0.39 is 0 Å². The molecule has 4 nitrogen and oxygen atoms in total. The molecule has 0 unspecified atom stereocenters. The van der Waals surface area contributed by atoms with Crippen LogP contribution in [0.1, 0.15) is 24.8 Å². The fourth-order valence-corrected chi connectivity index (χ4v) is 2.33. The van der Waals surface area contributed by atoms with Crippen molar-refractivity contribution < 1.29 is 9.53 Å². The van der Waals surface area contributed by atoms with Crippen molar-refractivity contribution in [2.24, 2.45) is 0 Å². The number of nitrogens with zero attached hydrogens (tertiary/aromatic N) is 1. The Morgan fingerprint density at radius 2 is 2.11 bits per heavy atom. The van der Waals surface area contributed by atoms with Gasteiger partial charge in [-0.3, -0.25) is 4.79 Å². The summed E-state index contributed by atoms with van der Waals surface area (Å²) in [7, 11) is 1.63. The standard InChI is InChI=1S/C14H20N2O2/c1-18-13-10-12(15)6-4-11(13)5-7-14(17)16-8-2-3-9-16/h4,6,10H,2-3,5,7-9,15H2,1H3. The fourth-order valence-electron chi connectivity index (χ4n) is 2.33. The predicted octanol–water partition coefficient (Wildman–Crippen LogP) is 1.83. The monoisotopic (exact) mass is 248 g/mol. The molecule has 1 fully saturated rings. The average molecular weight is 248 g/mol. The number of aryl methyl sites for hydroxylation is 1. The van der Waals surface area contributed by atoms with E-state index in [0.29, 0.717) is 18.5 Å². The molecule has 0 bridgehead atoms. The number of hydrogen-bond donors (Lipinski definition) is 1. The van der Waals surface area contributed by atoms with Crippen LogP contribution in [-0.4, -0.2) is 31.0 Å². The Morgan fingerprint density at radius 1 is 1.39 bits per heavy atom. The molecular formula is C14H20N2O2. The summed E-state index contributed by atoms with van der Waals surface area (Å²) in [4.78, 5) is 13.9. The molecule has 1 amide bonds. The number of nitrogen functional groups attached to an aromatic ring is 1. The lowest BCUT2D eigenvalue weighted by molar-refractivity contribution is -0.130. The van der Waals surface area contributed by atoms with Gasteiger partial charge in [-0.15, -0.1) is 0 Å². The molecule has 1 aromatic carbocycles. The minimum Gasteiger partial charge on any atom is -0.496 e. The second kappa shape index (κ2) is 5.76. The number of carbonyl (C=O) groups is 1. The summed E-state index contributed by atoms with van der Waals surface area (Å²) < 4.78 is 5.28. The number of nitrogens with two attached hydrogens (primary N) is 1. The minimum absolute atomic E-state index is 0.242. The highest BCUT2D eigenvalue weighted by atomic mass is 16.5. The number of hydrogen-bond acceptors (Lipinski definition) is 3. The Bertz CT molecular complexity index is 426. The Morgan fingerprint density at radius 3 is 2.78 bits per heavy atom. The first kappa shape index (κ1) is 12.7. The molecule has 0 saturated carbocycles. The predicted molar refractivity (Wildman–Crippen MR) is 71.5 cm³/mol. The van der Waals surface area contributed by atoms with Crippen LogP contribution in [0.3, 0.4) is 0 Å². The van der Waals surface area contributed by atoms with E-state index >= 15 is 0 Å². The topological polar surface area (TPSA) is 55.6 Å². The largest absolute Gasteiger partial charge is 0.496 e. The van der Waals surface area contributed by atoms with Gasteiger partial charge in [0, 0.05) is 31.3 Å². The highest BCUT2D eigenvalue weighted by Crippen LogP contribution is 2.23. The van der Waals surface area contributed by atoms with Crippen molar-refractivity contribution in [3.63, 3.8) is 0 Å². The molecule has 0 atom stereocenters. The summed E-state index contributed by atoms with van der Waals surface area (Å²) >= 11 is 0. The van der Waals surface area contributed by atoms with E-state index in [0.717, 1.165) is 37.2 Å². The third-order valence-corrected chi connectivity index (χ3v) is 3.38. The van der Waals surface area contributed by atoms with Gasteiger partial charge < -0.3 is 15.4 Å². The van der Waals surface area contributed by atoms with Crippen LogP contribution in [0.5, 0.6) is 5.75 Å². The van der Waals surface area contributed by atoms with Crippen LogP contribution in [0.2, 0.25) is 0 Å². The molecule has 1 aliphatic rings. The normalized spacial score (nSPS) is 14.8. The minimum atomic E-state index is 0.242. The third kappa shape index (κ3) is 2.94. The molecule has 1 saturated heterocycles. The third-order valence-electron chi connectivity index (χ3n) is 3.38. The molecule has 1 heterocycles. The van der Waals surface area contributed by atoms with Gasteiger partial charge in [-0.25, -0.2) is 0 Å². The molecule has 2 rings (SSSR count). The average Bonchev–Trinajstić information content (AvgIpc) is 2.90. The number of amides is 1. The van der Waals surface area contributed by atoms with Gasteiger partial charge in [-0.05, 0) is 30.9 Å². The van der Waals surface area contributed by atoms with Gasteiger partial charge in [-0.2, -0.15) is 0 Å². The van der Waals surface area contributed by atoms with Crippen molar-refractivity contribution in [2.45, 2.75) is 25.7 Å². The Hall–Kier alpha value is -1.71. The zero-order valence-electron chi connectivity index (χ0n) is 10.8. The second-order valence-corrected chi connectivity index (χ2v) is 4.66. The van der Waals surface area contributed by atoms with Crippen LogP contribution < -0.4 is 10.5 Å². The van der Waals surface area contributed by atoms with Gasteiger partial charge in [0.05, 0.1) is 7.11 Å². The molecule has 4 heteroatoms. The number of methoxy groups -OCH3 is 1. The first-order valence-corrected chi connectivity index (χ1v) is 6.41. The molecule has 0 aromatic heterocycles. The highest BCUT2D eigenvalue weighted by molar-refractivity contribution is 5.76. The van der Waals surface area contributed by atoms with E-state index in [1.807, 2.05) is 17.0 Å². The molecule has 2 N–H and O–H groups in total. The summed E-state index contributed by atoms with van der Waals surface area (Å²) in [6.45, 7) is 1.83. The van der Waals surface area contributed by atoms with E-state index in [2.05, 4.69) is 0 Å². The number of anilines is 1. The van der Waals surface area contributed by atoms with Gasteiger partial charge >= 0.3 is 0 Å². The van der Waals surface area contributed by atoms with Gasteiger partial charge in [0.15, 0.2) is 0 Å². The van der Waals surface area contributed by atoms with Crippen LogP contribution in [0, 0.1) is 0 Å². The summed E-state index contributed by atoms with van der Waals surface area (Å²) in [5, 5.41) is 0. The molecule has 0 aliphatic carbocycles. The van der Waals surface area contributed by atoms with Crippen LogP contribution in [0.15, 0.2) is 18.2 Å². The van der Waals surface area contributed by atoms with E-state index in [9.17, 15) is 4.79 Å².